The standard InChI is InChI=1S/C18H22FN3O3/c1-3-18(13-6-8-14(19)9-7-13)16(24)22(17(25)20-18)11-15(23)21(2)10-12-4-5-12/h6-9,12H,3-5,10-11H2,1-2H3,(H,20,25). The topological polar surface area (TPSA) is 69.7 Å². The van der Waals surface area contributed by atoms with Gasteiger partial charge in [-0.2, -0.15) is 0 Å². The number of imide groups is 1. The number of halogens is 1. The van der Waals surface area contributed by atoms with Crippen LogP contribution in [0.4, 0.5) is 9.18 Å². The SMILES string of the molecule is CCC1(c2ccc(F)cc2)NC(=O)N(CC(=O)N(C)CC2CC2)C1=O. The molecule has 1 saturated heterocycles. The van der Waals surface area contributed by atoms with Crippen LogP contribution in [0.25, 0.3) is 0 Å². The molecule has 2 fully saturated rings. The van der Waals surface area contributed by atoms with Crippen LogP contribution in [-0.4, -0.2) is 47.8 Å². The Morgan fingerprint density at radius 3 is 2.52 bits per heavy atom. The van der Waals surface area contributed by atoms with Gasteiger partial charge in [0.05, 0.1) is 0 Å². The van der Waals surface area contributed by atoms with Gasteiger partial charge in [0.1, 0.15) is 17.9 Å². The van der Waals surface area contributed by atoms with E-state index in [1.54, 1.807) is 18.9 Å². The van der Waals surface area contributed by atoms with Gasteiger partial charge in [-0.25, -0.2) is 9.18 Å². The van der Waals surface area contributed by atoms with Crippen molar-refractivity contribution in [3.05, 3.63) is 35.6 Å². The molecule has 1 aliphatic carbocycles. The molecule has 134 valence electrons. The molecular weight excluding hydrogens is 325 g/mol. The van der Waals surface area contributed by atoms with Crippen LogP contribution in [0.5, 0.6) is 0 Å². The van der Waals surface area contributed by atoms with Crippen LogP contribution in [0.3, 0.4) is 0 Å². The zero-order chi connectivity index (χ0) is 18.2. The van der Waals surface area contributed by atoms with Gasteiger partial charge in [0, 0.05) is 13.6 Å². The van der Waals surface area contributed by atoms with Crippen molar-refractivity contribution in [2.45, 2.75) is 31.7 Å². The lowest BCUT2D eigenvalue weighted by molar-refractivity contribution is -0.138. The Labute approximate surface area is 146 Å². The minimum Gasteiger partial charge on any atom is -0.344 e. The van der Waals surface area contributed by atoms with Crippen molar-refractivity contribution in [1.29, 1.82) is 0 Å². The fraction of sp³-hybridized carbons (Fsp3) is 0.500. The van der Waals surface area contributed by atoms with Crippen LogP contribution in [-0.2, 0) is 15.1 Å². The van der Waals surface area contributed by atoms with Crippen LogP contribution in [0.1, 0.15) is 31.7 Å². The summed E-state index contributed by atoms with van der Waals surface area (Å²) in [5, 5.41) is 2.69. The molecule has 1 saturated carbocycles. The van der Waals surface area contributed by atoms with E-state index in [9.17, 15) is 18.8 Å². The minimum atomic E-state index is -1.25. The van der Waals surface area contributed by atoms with Crippen LogP contribution in [0.15, 0.2) is 24.3 Å². The number of amides is 4. The van der Waals surface area contributed by atoms with Crippen molar-refractivity contribution in [2.24, 2.45) is 5.92 Å². The Balaban J connectivity index is 1.78. The third-order valence-corrected chi connectivity index (χ3v) is 4.99. The molecule has 0 bridgehead atoms. The Hall–Kier alpha value is -2.44. The molecule has 0 radical (unpaired) electrons. The third kappa shape index (κ3) is 3.23. The first-order valence-electron chi connectivity index (χ1n) is 8.51. The van der Waals surface area contributed by atoms with Crippen molar-refractivity contribution >= 4 is 17.8 Å². The maximum absolute atomic E-state index is 13.2. The number of nitrogens with one attached hydrogen (secondary N) is 1. The molecule has 25 heavy (non-hydrogen) atoms. The van der Waals surface area contributed by atoms with Crippen LogP contribution >= 0.6 is 0 Å². The second-order valence-electron chi connectivity index (χ2n) is 6.80. The summed E-state index contributed by atoms with van der Waals surface area (Å²) < 4.78 is 13.2. The van der Waals surface area contributed by atoms with Gasteiger partial charge in [0.15, 0.2) is 0 Å². The molecule has 1 atom stereocenters. The van der Waals surface area contributed by atoms with Gasteiger partial charge in [-0.3, -0.25) is 14.5 Å². The van der Waals surface area contributed by atoms with E-state index < -0.39 is 23.3 Å². The summed E-state index contributed by atoms with van der Waals surface area (Å²) in [5.74, 6) is -0.618. The molecule has 1 unspecified atom stereocenters. The highest BCUT2D eigenvalue weighted by molar-refractivity contribution is 6.09. The van der Waals surface area contributed by atoms with Gasteiger partial charge in [0.25, 0.3) is 5.91 Å². The van der Waals surface area contributed by atoms with Gasteiger partial charge in [0.2, 0.25) is 5.91 Å². The number of likely N-dealkylation sites (N-methyl/N-ethyl adjacent to an activating group) is 1. The molecule has 3 rings (SSSR count). The molecule has 2 aliphatic rings. The van der Waals surface area contributed by atoms with Crippen LogP contribution < -0.4 is 5.32 Å². The largest absolute Gasteiger partial charge is 0.344 e. The second kappa shape index (κ2) is 6.46. The van der Waals surface area contributed by atoms with Crippen LogP contribution in [0, 0.1) is 11.7 Å². The Morgan fingerprint density at radius 1 is 1.32 bits per heavy atom. The van der Waals surface area contributed by atoms with Gasteiger partial charge in [-0.15, -0.1) is 0 Å². The number of hydrogen-bond acceptors (Lipinski definition) is 3. The van der Waals surface area contributed by atoms with E-state index in [4.69, 9.17) is 0 Å². The summed E-state index contributed by atoms with van der Waals surface area (Å²) in [7, 11) is 1.69. The molecule has 1 aromatic rings. The number of benzene rings is 1. The maximum atomic E-state index is 13.2. The molecular formula is C18H22FN3O3. The molecule has 7 heteroatoms. The quantitative estimate of drug-likeness (QED) is 0.799. The van der Waals surface area contributed by atoms with Gasteiger partial charge < -0.3 is 10.2 Å². The molecule has 1 N–H and O–H groups in total. The number of urea groups is 1. The fourth-order valence-corrected chi connectivity index (χ4v) is 3.19. The van der Waals surface area contributed by atoms with Crippen molar-refractivity contribution in [2.75, 3.05) is 20.1 Å². The molecule has 1 heterocycles. The van der Waals surface area contributed by atoms with E-state index >= 15 is 0 Å². The van der Waals surface area contributed by atoms with Crippen molar-refractivity contribution in [3.8, 4) is 0 Å². The number of hydrogen-bond donors (Lipinski definition) is 1. The van der Waals surface area contributed by atoms with E-state index in [0.29, 0.717) is 24.4 Å². The summed E-state index contributed by atoms with van der Waals surface area (Å²) in [4.78, 5) is 40.1. The fourth-order valence-electron chi connectivity index (χ4n) is 3.19. The highest BCUT2D eigenvalue weighted by Gasteiger charge is 2.51. The first-order chi connectivity index (χ1) is 11.9. The summed E-state index contributed by atoms with van der Waals surface area (Å²) in [6.45, 7) is 2.14. The predicted molar refractivity (Wildman–Crippen MR) is 89.0 cm³/mol. The van der Waals surface area contributed by atoms with Crippen LogP contribution in [0.2, 0.25) is 0 Å². The second-order valence-corrected chi connectivity index (χ2v) is 6.80. The molecule has 6 nitrogen and oxygen atoms in total. The van der Waals surface area contributed by atoms with Crippen molar-refractivity contribution in [3.63, 3.8) is 0 Å². The van der Waals surface area contributed by atoms with Crippen molar-refractivity contribution in [1.82, 2.24) is 15.1 Å². The number of nitrogens with zero attached hydrogens (tertiary/aromatic N) is 2. The van der Waals surface area contributed by atoms with E-state index in [0.717, 1.165) is 17.7 Å². The zero-order valence-electron chi connectivity index (χ0n) is 14.4. The highest BCUT2D eigenvalue weighted by atomic mass is 19.1. The number of carbonyl (C=O) groups is 3. The number of carbonyl (C=O) groups excluding carboxylic acids is 3. The normalized spacial score (nSPS) is 22.9. The zero-order valence-corrected chi connectivity index (χ0v) is 14.4. The van der Waals surface area contributed by atoms with E-state index in [2.05, 4.69) is 5.32 Å². The first-order valence-corrected chi connectivity index (χ1v) is 8.51. The first kappa shape index (κ1) is 17.4. The summed E-state index contributed by atoms with van der Waals surface area (Å²) in [6.07, 6.45) is 2.54. The van der Waals surface area contributed by atoms with Gasteiger partial charge in [-0.05, 0) is 42.9 Å². The van der Waals surface area contributed by atoms with Gasteiger partial charge >= 0.3 is 6.03 Å². The molecule has 4 amide bonds. The predicted octanol–water partition coefficient (Wildman–Crippen LogP) is 1.85. The Kier molecular flexibility index (Phi) is 4.49. The summed E-state index contributed by atoms with van der Waals surface area (Å²) in [6, 6.07) is 4.89. The monoisotopic (exact) mass is 347 g/mol. The van der Waals surface area contributed by atoms with Crippen molar-refractivity contribution < 1.29 is 18.8 Å². The maximum Gasteiger partial charge on any atom is 0.325 e. The third-order valence-electron chi connectivity index (χ3n) is 4.99. The lowest BCUT2D eigenvalue weighted by Crippen LogP contribution is -2.45. The van der Waals surface area contributed by atoms with E-state index in [1.165, 1.54) is 24.3 Å². The lowest BCUT2D eigenvalue weighted by Gasteiger charge is -2.26. The summed E-state index contributed by atoms with van der Waals surface area (Å²) >= 11 is 0. The van der Waals surface area contributed by atoms with E-state index in [1.807, 2.05) is 0 Å². The lowest BCUT2D eigenvalue weighted by atomic mass is 9.87. The molecule has 1 aromatic carbocycles. The van der Waals surface area contributed by atoms with Gasteiger partial charge in [-0.1, -0.05) is 19.1 Å². The molecule has 1 aliphatic heterocycles. The average molecular weight is 347 g/mol. The Morgan fingerprint density at radius 2 is 1.96 bits per heavy atom. The number of rotatable bonds is 6. The summed E-state index contributed by atoms with van der Waals surface area (Å²) in [5.41, 5.74) is -0.740. The molecule has 0 spiro atoms. The smallest absolute Gasteiger partial charge is 0.325 e. The highest BCUT2D eigenvalue weighted by Crippen LogP contribution is 2.33. The molecule has 0 aromatic heterocycles. The van der Waals surface area contributed by atoms with E-state index in [-0.39, 0.29) is 12.5 Å². The minimum absolute atomic E-state index is 0.263. The Bertz CT molecular complexity index is 702. The average Bonchev–Trinajstić information content (AvgIpc) is 3.37.